The Labute approximate surface area is 218 Å². The molecule has 0 amide bonds. The van der Waals surface area contributed by atoms with Crippen LogP contribution in [0.15, 0.2) is 46.1 Å². The van der Waals surface area contributed by atoms with Crippen LogP contribution in [0.3, 0.4) is 0 Å². The average molecular weight is 537 g/mol. The first-order valence-corrected chi connectivity index (χ1v) is 14.1. The van der Waals surface area contributed by atoms with Gasteiger partial charge in [0.15, 0.2) is 0 Å². The van der Waals surface area contributed by atoms with Crippen molar-refractivity contribution in [2.24, 2.45) is 5.41 Å². The minimum absolute atomic E-state index is 0.0653. The lowest BCUT2D eigenvalue weighted by Crippen LogP contribution is -2.42. The van der Waals surface area contributed by atoms with Crippen molar-refractivity contribution < 1.29 is 19.0 Å². The lowest BCUT2D eigenvalue weighted by atomic mass is 9.71. The average Bonchev–Trinajstić information content (AvgIpc) is 3.36. The number of carboxylic acids is 1. The summed E-state index contributed by atoms with van der Waals surface area (Å²) in [6.45, 7) is 2.64. The predicted molar refractivity (Wildman–Crippen MR) is 142 cm³/mol. The molecular formula is C26H30ClFN2O3S2. The van der Waals surface area contributed by atoms with E-state index in [4.69, 9.17) is 16.3 Å². The summed E-state index contributed by atoms with van der Waals surface area (Å²) in [5, 5.41) is 14.8. The van der Waals surface area contributed by atoms with Crippen molar-refractivity contribution in [2.45, 2.75) is 43.2 Å². The zero-order chi connectivity index (χ0) is 24.8. The van der Waals surface area contributed by atoms with Gasteiger partial charge in [0.05, 0.1) is 24.1 Å². The maximum atomic E-state index is 15.7. The molecule has 1 saturated heterocycles. The van der Waals surface area contributed by atoms with Crippen LogP contribution in [-0.2, 0) is 4.79 Å². The molecule has 0 radical (unpaired) electrons. The number of carboxylic acid groups (broad SMARTS) is 1. The first-order chi connectivity index (χ1) is 16.9. The minimum Gasteiger partial charge on any atom is -0.497 e. The number of rotatable bonds is 11. The highest BCUT2D eigenvalue weighted by atomic mass is 35.5. The fourth-order valence-corrected chi connectivity index (χ4v) is 6.96. The highest BCUT2D eigenvalue weighted by molar-refractivity contribution is 7.99. The highest BCUT2D eigenvalue weighted by Crippen LogP contribution is 2.44. The number of hydrogen-bond acceptors (Lipinski definition) is 6. The Hall–Kier alpha value is -1.87. The molecule has 1 N–H and O–H groups in total. The smallest absolute Gasteiger partial charge is 0.303 e. The van der Waals surface area contributed by atoms with Crippen LogP contribution in [0.25, 0.3) is 10.9 Å². The predicted octanol–water partition coefficient (Wildman–Crippen LogP) is 7.10. The maximum Gasteiger partial charge on any atom is 0.303 e. The van der Waals surface area contributed by atoms with E-state index in [0.29, 0.717) is 28.6 Å². The molecule has 4 rings (SSSR count). The number of aliphatic carboxylic acids is 1. The van der Waals surface area contributed by atoms with Crippen LogP contribution in [-0.4, -0.2) is 53.5 Å². The molecule has 188 valence electrons. The van der Waals surface area contributed by atoms with Crippen LogP contribution in [0.2, 0.25) is 5.02 Å². The summed E-state index contributed by atoms with van der Waals surface area (Å²) >= 11 is 9.94. The fourth-order valence-electron chi connectivity index (χ4n) is 4.90. The van der Waals surface area contributed by atoms with E-state index in [0.717, 1.165) is 38.2 Å². The third-order valence-electron chi connectivity index (χ3n) is 6.92. The fraction of sp³-hybridized carbons (Fsp3) is 0.462. The topological polar surface area (TPSA) is 62.7 Å². The Bertz CT molecular complexity index is 1140. The third kappa shape index (κ3) is 6.67. The summed E-state index contributed by atoms with van der Waals surface area (Å²) < 4.78 is 21.0. The summed E-state index contributed by atoms with van der Waals surface area (Å²) in [6.07, 6.45) is 2.47. The molecule has 3 aromatic rings. The van der Waals surface area contributed by atoms with Crippen molar-refractivity contribution in [3.63, 3.8) is 0 Å². The summed E-state index contributed by atoms with van der Waals surface area (Å²) in [5.41, 5.74) is 0.658. The number of fused-ring (bicyclic) bond motifs is 1. The van der Waals surface area contributed by atoms with Gasteiger partial charge in [-0.1, -0.05) is 11.6 Å². The number of halogens is 2. The van der Waals surface area contributed by atoms with E-state index in [2.05, 4.69) is 26.7 Å². The van der Waals surface area contributed by atoms with Crippen LogP contribution < -0.4 is 4.74 Å². The molecule has 1 aliphatic heterocycles. The van der Waals surface area contributed by atoms with E-state index in [1.807, 2.05) is 11.8 Å². The molecule has 35 heavy (non-hydrogen) atoms. The molecule has 1 aliphatic rings. The lowest BCUT2D eigenvalue weighted by molar-refractivity contribution is -0.141. The Morgan fingerprint density at radius 2 is 2.17 bits per heavy atom. The number of nitrogens with zero attached hydrogens (tertiary/aromatic N) is 2. The van der Waals surface area contributed by atoms with Gasteiger partial charge in [0.1, 0.15) is 11.9 Å². The number of aromatic nitrogens is 1. The van der Waals surface area contributed by atoms with E-state index >= 15 is 4.39 Å². The van der Waals surface area contributed by atoms with Crippen molar-refractivity contribution in [3.05, 3.63) is 51.8 Å². The van der Waals surface area contributed by atoms with Gasteiger partial charge in [-0.05, 0) is 73.8 Å². The molecule has 3 heterocycles. The lowest BCUT2D eigenvalue weighted by Gasteiger charge is -2.41. The molecule has 9 heteroatoms. The summed E-state index contributed by atoms with van der Waals surface area (Å²) in [6, 6.07) is 7.47. The Balaban J connectivity index is 1.40. The largest absolute Gasteiger partial charge is 0.497 e. The number of benzene rings is 1. The van der Waals surface area contributed by atoms with E-state index in [-0.39, 0.29) is 17.9 Å². The van der Waals surface area contributed by atoms with E-state index in [1.165, 1.54) is 11.1 Å². The SMILES string of the molecule is COc1ccc2ncc(Cl)c([C@H](F)CCC3(CC(=O)O)CCN(CCSc4ccsc4)CC3)c2c1. The number of alkyl halides is 1. The molecule has 0 unspecified atom stereocenters. The molecule has 1 aromatic carbocycles. The number of likely N-dealkylation sites (tertiary alicyclic amines) is 1. The van der Waals surface area contributed by atoms with Gasteiger partial charge >= 0.3 is 5.97 Å². The Morgan fingerprint density at radius 3 is 2.86 bits per heavy atom. The van der Waals surface area contributed by atoms with E-state index in [1.54, 1.807) is 36.6 Å². The van der Waals surface area contributed by atoms with Crippen LogP contribution >= 0.6 is 34.7 Å². The van der Waals surface area contributed by atoms with Crippen molar-refractivity contribution in [1.29, 1.82) is 0 Å². The summed E-state index contributed by atoms with van der Waals surface area (Å²) in [7, 11) is 1.56. The maximum absolute atomic E-state index is 15.7. The van der Waals surface area contributed by atoms with E-state index in [9.17, 15) is 9.90 Å². The Kier molecular flexibility index (Phi) is 8.92. The molecule has 2 aromatic heterocycles. The molecule has 1 fully saturated rings. The van der Waals surface area contributed by atoms with Gasteiger partial charge < -0.3 is 14.7 Å². The number of thiophene rings is 1. The monoisotopic (exact) mass is 536 g/mol. The molecule has 0 saturated carbocycles. The van der Waals surface area contributed by atoms with Crippen molar-refractivity contribution in [1.82, 2.24) is 9.88 Å². The van der Waals surface area contributed by atoms with Crippen LogP contribution in [0.4, 0.5) is 4.39 Å². The molecule has 1 atom stereocenters. The normalized spacial score (nSPS) is 16.9. The number of ether oxygens (including phenoxy) is 1. The number of pyridine rings is 1. The van der Waals surface area contributed by atoms with Crippen molar-refractivity contribution >= 4 is 51.6 Å². The number of piperidine rings is 1. The zero-order valence-electron chi connectivity index (χ0n) is 19.7. The summed E-state index contributed by atoms with van der Waals surface area (Å²) in [5.74, 6) is 0.799. The van der Waals surface area contributed by atoms with Crippen LogP contribution in [0, 0.1) is 5.41 Å². The molecular weight excluding hydrogens is 507 g/mol. The van der Waals surface area contributed by atoms with Gasteiger partial charge in [-0.15, -0.1) is 11.8 Å². The van der Waals surface area contributed by atoms with Crippen LogP contribution in [0.5, 0.6) is 5.75 Å². The Morgan fingerprint density at radius 1 is 1.37 bits per heavy atom. The quantitative estimate of drug-likeness (QED) is 0.264. The molecule has 0 aliphatic carbocycles. The van der Waals surface area contributed by atoms with Gasteiger partial charge in [-0.2, -0.15) is 11.3 Å². The number of thioether (sulfide) groups is 1. The number of methoxy groups -OCH3 is 1. The van der Waals surface area contributed by atoms with Gasteiger partial charge in [0, 0.05) is 39.7 Å². The van der Waals surface area contributed by atoms with E-state index < -0.39 is 17.6 Å². The molecule has 0 bridgehead atoms. The van der Waals surface area contributed by atoms with Crippen molar-refractivity contribution in [3.8, 4) is 5.75 Å². The third-order valence-corrected chi connectivity index (χ3v) is 9.03. The van der Waals surface area contributed by atoms with Gasteiger partial charge in [0.2, 0.25) is 0 Å². The first-order valence-electron chi connectivity index (χ1n) is 11.7. The zero-order valence-corrected chi connectivity index (χ0v) is 22.1. The number of carbonyl (C=O) groups is 1. The minimum atomic E-state index is -1.31. The second-order valence-electron chi connectivity index (χ2n) is 9.13. The highest BCUT2D eigenvalue weighted by Gasteiger charge is 2.37. The summed E-state index contributed by atoms with van der Waals surface area (Å²) in [4.78, 5) is 19.7. The van der Waals surface area contributed by atoms with Crippen LogP contribution in [0.1, 0.15) is 43.8 Å². The first kappa shape index (κ1) is 26.2. The number of hydrogen-bond donors (Lipinski definition) is 1. The second-order valence-corrected chi connectivity index (χ2v) is 11.5. The molecule has 0 spiro atoms. The van der Waals surface area contributed by atoms with Gasteiger partial charge in [-0.25, -0.2) is 4.39 Å². The van der Waals surface area contributed by atoms with Crippen molar-refractivity contribution in [2.75, 3.05) is 32.5 Å². The van der Waals surface area contributed by atoms with Gasteiger partial charge in [-0.3, -0.25) is 9.78 Å². The van der Waals surface area contributed by atoms with Gasteiger partial charge in [0.25, 0.3) is 0 Å². The second kappa shape index (κ2) is 11.9. The standard InChI is InChI=1S/C26H30ClFN2O3S2/c1-33-18-2-3-23-20(14-18)25(21(27)16-29-23)22(28)4-6-26(15-24(31)32)7-9-30(10-8-26)11-13-35-19-5-12-34-17-19/h2-3,5,12,14,16-17,22H,4,6-11,13,15H2,1H3,(H,31,32)/t22-/m1/s1. The molecule has 5 nitrogen and oxygen atoms in total.